The van der Waals surface area contributed by atoms with Gasteiger partial charge in [0.2, 0.25) is 10.0 Å². The van der Waals surface area contributed by atoms with Crippen molar-refractivity contribution in [2.24, 2.45) is 5.84 Å². The second kappa shape index (κ2) is 7.87. The molecular formula is C13H20N4O4S. The lowest BCUT2D eigenvalue weighted by Crippen LogP contribution is -2.40. The summed E-state index contributed by atoms with van der Waals surface area (Å²) in [5, 5.41) is 2.36. The molecule has 1 aromatic rings. The zero-order valence-corrected chi connectivity index (χ0v) is 13.3. The highest BCUT2D eigenvalue weighted by Crippen LogP contribution is 2.16. The summed E-state index contributed by atoms with van der Waals surface area (Å²) < 4.78 is 25.9. The van der Waals surface area contributed by atoms with Crippen LogP contribution in [0.1, 0.15) is 24.2 Å². The molecule has 1 aromatic carbocycles. The van der Waals surface area contributed by atoms with Gasteiger partial charge in [0.05, 0.1) is 11.4 Å². The molecule has 0 atom stereocenters. The maximum absolute atomic E-state index is 12.3. The van der Waals surface area contributed by atoms with E-state index in [-0.39, 0.29) is 17.0 Å². The van der Waals surface area contributed by atoms with Gasteiger partial charge in [-0.1, -0.05) is 13.8 Å². The van der Waals surface area contributed by atoms with E-state index in [9.17, 15) is 18.0 Å². The van der Waals surface area contributed by atoms with E-state index in [0.717, 1.165) is 0 Å². The minimum Gasteiger partial charge on any atom is -0.343 e. The van der Waals surface area contributed by atoms with Crippen molar-refractivity contribution in [2.45, 2.75) is 18.7 Å². The van der Waals surface area contributed by atoms with Crippen LogP contribution in [0, 0.1) is 0 Å². The summed E-state index contributed by atoms with van der Waals surface area (Å²) >= 11 is 0. The molecule has 2 amide bonds. The molecule has 122 valence electrons. The van der Waals surface area contributed by atoms with Crippen LogP contribution in [0.4, 0.5) is 0 Å². The monoisotopic (exact) mass is 328 g/mol. The summed E-state index contributed by atoms with van der Waals surface area (Å²) in [7, 11) is -3.55. The Balaban J connectivity index is 2.87. The van der Waals surface area contributed by atoms with Crippen LogP contribution >= 0.6 is 0 Å². The van der Waals surface area contributed by atoms with E-state index in [4.69, 9.17) is 5.84 Å². The molecule has 0 aliphatic rings. The number of benzene rings is 1. The predicted molar refractivity (Wildman–Crippen MR) is 81.2 cm³/mol. The van der Waals surface area contributed by atoms with Gasteiger partial charge in [-0.05, 0) is 24.3 Å². The van der Waals surface area contributed by atoms with Crippen molar-refractivity contribution in [3.63, 3.8) is 0 Å². The number of hydrogen-bond donors (Lipinski definition) is 3. The molecule has 0 aliphatic heterocycles. The van der Waals surface area contributed by atoms with Crippen LogP contribution in [0.3, 0.4) is 0 Å². The van der Waals surface area contributed by atoms with Crippen LogP contribution in [0.15, 0.2) is 29.2 Å². The van der Waals surface area contributed by atoms with Crippen LogP contribution in [-0.4, -0.2) is 44.2 Å². The second-order valence-electron chi connectivity index (χ2n) is 4.36. The van der Waals surface area contributed by atoms with E-state index in [1.54, 1.807) is 13.8 Å². The van der Waals surface area contributed by atoms with E-state index in [0.29, 0.717) is 13.1 Å². The highest BCUT2D eigenvalue weighted by molar-refractivity contribution is 7.89. The van der Waals surface area contributed by atoms with Crippen molar-refractivity contribution in [1.29, 1.82) is 0 Å². The Labute approximate surface area is 129 Å². The quantitative estimate of drug-likeness (QED) is 0.352. The number of amides is 2. The number of hydrogen-bond acceptors (Lipinski definition) is 5. The van der Waals surface area contributed by atoms with Gasteiger partial charge in [0.25, 0.3) is 11.8 Å². The van der Waals surface area contributed by atoms with Crippen molar-refractivity contribution < 1.29 is 18.0 Å². The van der Waals surface area contributed by atoms with Crippen molar-refractivity contribution in [2.75, 3.05) is 19.6 Å². The molecule has 0 aromatic heterocycles. The summed E-state index contributed by atoms with van der Waals surface area (Å²) in [6.45, 7) is 4.00. The Morgan fingerprint density at radius 1 is 1.14 bits per heavy atom. The molecule has 0 radical (unpaired) electrons. The van der Waals surface area contributed by atoms with E-state index in [1.807, 2.05) is 5.43 Å². The minimum absolute atomic E-state index is 0.118. The van der Waals surface area contributed by atoms with E-state index in [2.05, 4.69) is 5.32 Å². The summed E-state index contributed by atoms with van der Waals surface area (Å²) in [4.78, 5) is 22.8. The minimum atomic E-state index is -3.55. The zero-order chi connectivity index (χ0) is 16.8. The van der Waals surface area contributed by atoms with Crippen LogP contribution < -0.4 is 16.6 Å². The van der Waals surface area contributed by atoms with Crippen molar-refractivity contribution in [3.05, 3.63) is 29.8 Å². The first-order chi connectivity index (χ1) is 10.4. The largest absolute Gasteiger partial charge is 0.343 e. The number of rotatable bonds is 7. The average Bonchev–Trinajstić information content (AvgIpc) is 2.53. The number of carbonyl (C=O) groups is 2. The van der Waals surface area contributed by atoms with Crippen molar-refractivity contribution in [3.8, 4) is 0 Å². The first kappa shape index (κ1) is 18.1. The molecule has 4 N–H and O–H groups in total. The molecule has 0 fully saturated rings. The fourth-order valence-corrected chi connectivity index (χ4v) is 3.26. The Hall–Kier alpha value is -1.97. The van der Waals surface area contributed by atoms with Gasteiger partial charge in [-0.3, -0.25) is 15.0 Å². The van der Waals surface area contributed by atoms with Crippen molar-refractivity contribution >= 4 is 21.8 Å². The number of nitrogens with zero attached hydrogens (tertiary/aromatic N) is 1. The lowest BCUT2D eigenvalue weighted by atomic mass is 10.2. The third kappa shape index (κ3) is 4.26. The average molecular weight is 328 g/mol. The molecule has 0 saturated carbocycles. The number of hydrazine groups is 1. The lowest BCUT2D eigenvalue weighted by molar-refractivity contribution is -0.120. The van der Waals surface area contributed by atoms with Gasteiger partial charge in [0, 0.05) is 18.7 Å². The van der Waals surface area contributed by atoms with Crippen molar-refractivity contribution in [1.82, 2.24) is 15.0 Å². The third-order valence-corrected chi connectivity index (χ3v) is 5.09. The van der Waals surface area contributed by atoms with E-state index < -0.39 is 21.8 Å². The topological polar surface area (TPSA) is 122 Å². The van der Waals surface area contributed by atoms with E-state index in [1.165, 1.54) is 28.6 Å². The van der Waals surface area contributed by atoms with Crippen LogP contribution in [0.25, 0.3) is 0 Å². The van der Waals surface area contributed by atoms with E-state index >= 15 is 0 Å². The fourth-order valence-electron chi connectivity index (χ4n) is 1.80. The van der Waals surface area contributed by atoms with Gasteiger partial charge in [-0.25, -0.2) is 14.3 Å². The molecule has 8 nitrogen and oxygen atoms in total. The first-order valence-corrected chi connectivity index (χ1v) is 8.18. The predicted octanol–water partition coefficient (Wildman–Crippen LogP) is -0.563. The molecular weight excluding hydrogens is 308 g/mol. The van der Waals surface area contributed by atoms with Gasteiger partial charge in [0.1, 0.15) is 0 Å². The highest BCUT2D eigenvalue weighted by atomic mass is 32.2. The summed E-state index contributed by atoms with van der Waals surface area (Å²) in [6, 6.07) is 5.52. The SMILES string of the molecule is CCN(CC)S(=O)(=O)c1ccc(C(=O)NCC(=O)NN)cc1. The van der Waals surface area contributed by atoms with Crippen LogP contribution in [0.2, 0.25) is 0 Å². The maximum Gasteiger partial charge on any atom is 0.253 e. The molecule has 22 heavy (non-hydrogen) atoms. The maximum atomic E-state index is 12.3. The molecule has 0 bridgehead atoms. The zero-order valence-electron chi connectivity index (χ0n) is 12.5. The second-order valence-corrected chi connectivity index (χ2v) is 6.30. The van der Waals surface area contributed by atoms with Crippen LogP contribution in [-0.2, 0) is 14.8 Å². The fraction of sp³-hybridized carbons (Fsp3) is 0.385. The number of nitrogens with two attached hydrogens (primary N) is 1. The number of nitrogens with one attached hydrogen (secondary N) is 2. The van der Waals surface area contributed by atoms with Gasteiger partial charge in [0.15, 0.2) is 0 Å². The van der Waals surface area contributed by atoms with Gasteiger partial charge in [-0.2, -0.15) is 4.31 Å². The molecule has 0 unspecified atom stereocenters. The standard InChI is InChI=1S/C13H20N4O4S/c1-3-17(4-2)22(20,21)11-7-5-10(6-8-11)13(19)15-9-12(18)16-14/h5-8H,3-4,9,14H2,1-2H3,(H,15,19)(H,16,18). The Kier molecular flexibility index (Phi) is 6.47. The summed E-state index contributed by atoms with van der Waals surface area (Å²) in [5.41, 5.74) is 2.14. The number of carbonyl (C=O) groups excluding carboxylic acids is 2. The third-order valence-electron chi connectivity index (χ3n) is 3.03. The van der Waals surface area contributed by atoms with Gasteiger partial charge in [-0.15, -0.1) is 0 Å². The summed E-state index contributed by atoms with van der Waals surface area (Å²) in [5.74, 6) is 3.87. The Morgan fingerprint density at radius 3 is 2.14 bits per heavy atom. The van der Waals surface area contributed by atoms with Gasteiger partial charge < -0.3 is 5.32 Å². The Bertz CT molecular complexity index is 624. The molecule has 0 heterocycles. The molecule has 1 rings (SSSR count). The van der Waals surface area contributed by atoms with Gasteiger partial charge >= 0.3 is 0 Å². The first-order valence-electron chi connectivity index (χ1n) is 6.74. The smallest absolute Gasteiger partial charge is 0.253 e. The molecule has 0 spiro atoms. The normalized spacial score (nSPS) is 11.3. The van der Waals surface area contributed by atoms with Crippen LogP contribution in [0.5, 0.6) is 0 Å². The molecule has 0 saturated heterocycles. The highest BCUT2D eigenvalue weighted by Gasteiger charge is 2.21. The summed E-state index contributed by atoms with van der Waals surface area (Å²) in [6.07, 6.45) is 0. The number of sulfonamides is 1. The molecule has 9 heteroatoms. The lowest BCUT2D eigenvalue weighted by Gasteiger charge is -2.18. The molecule has 0 aliphatic carbocycles. The Morgan fingerprint density at radius 2 is 1.68 bits per heavy atom.